The van der Waals surface area contributed by atoms with Crippen molar-refractivity contribution < 1.29 is 31.1 Å². The second-order valence-corrected chi connectivity index (χ2v) is 10.0. The molecule has 0 spiro atoms. The number of nitrogens with one attached hydrogen (secondary N) is 1. The number of H-pyrrole nitrogens is 1. The number of nitrogens with zero attached hydrogens (tertiary/aromatic N) is 4. The quantitative estimate of drug-likeness (QED) is 0.309. The maximum absolute atomic E-state index is 13.0. The van der Waals surface area contributed by atoms with E-state index in [1.165, 1.54) is 30.5 Å². The van der Waals surface area contributed by atoms with Gasteiger partial charge in [-0.05, 0) is 46.3 Å². The Balaban J connectivity index is 1.58. The Bertz CT molecular complexity index is 1650. The van der Waals surface area contributed by atoms with E-state index in [9.17, 15) is 26.7 Å². The van der Waals surface area contributed by atoms with Gasteiger partial charge < -0.3 is 9.52 Å². The fourth-order valence-corrected chi connectivity index (χ4v) is 5.26. The molecule has 0 saturated heterocycles. The van der Waals surface area contributed by atoms with E-state index in [2.05, 4.69) is 41.5 Å². The molecule has 3 aromatic rings. The van der Waals surface area contributed by atoms with Gasteiger partial charge in [0.2, 0.25) is 0 Å². The molecule has 2 N–H and O–H groups in total. The zero-order chi connectivity index (χ0) is 25.0. The van der Waals surface area contributed by atoms with Gasteiger partial charge in [0.05, 0.1) is 4.90 Å². The van der Waals surface area contributed by atoms with Gasteiger partial charge in [-0.2, -0.15) is 28.6 Å². The smallest absolute Gasteiger partial charge is 0.501 e. The molecule has 9 nitrogen and oxygen atoms in total. The third-order valence-electron chi connectivity index (χ3n) is 5.06. The SMILES string of the molecule is O=S(=O)(c1ccc(-c2n[nH]nc2-c2cc3c(-c4cccc(O)c4)nnc-3co2)cc1Br)C(F)(F)F. The van der Waals surface area contributed by atoms with Crippen LogP contribution in [0.25, 0.3) is 45.2 Å². The fourth-order valence-electron chi connectivity index (χ4n) is 3.43. The van der Waals surface area contributed by atoms with Crippen LogP contribution >= 0.6 is 15.9 Å². The van der Waals surface area contributed by atoms with Gasteiger partial charge in [0.1, 0.15) is 29.1 Å². The van der Waals surface area contributed by atoms with Gasteiger partial charge in [-0.3, -0.25) is 0 Å². The summed E-state index contributed by atoms with van der Waals surface area (Å²) in [5.41, 5.74) is -2.59. The Hall–Kier alpha value is -3.78. The van der Waals surface area contributed by atoms with E-state index in [4.69, 9.17) is 4.42 Å². The number of halogens is 4. The zero-order valence-electron chi connectivity index (χ0n) is 17.1. The lowest BCUT2D eigenvalue weighted by atomic mass is 10.0. The molecule has 5 rings (SSSR count). The van der Waals surface area contributed by atoms with E-state index >= 15 is 0 Å². The molecular formula is C21H11BrF3N5O4S. The van der Waals surface area contributed by atoms with Crippen LogP contribution in [0, 0.1) is 0 Å². The largest absolute Gasteiger partial charge is 0.508 e. The Labute approximate surface area is 203 Å². The highest BCUT2D eigenvalue weighted by Crippen LogP contribution is 2.39. The van der Waals surface area contributed by atoms with E-state index in [-0.39, 0.29) is 32.9 Å². The summed E-state index contributed by atoms with van der Waals surface area (Å²) < 4.78 is 67.8. The number of aromatic amines is 1. The highest BCUT2D eigenvalue weighted by atomic mass is 79.9. The lowest BCUT2D eigenvalue weighted by molar-refractivity contribution is -0.0436. The first-order valence-electron chi connectivity index (χ1n) is 9.63. The number of fused-ring (bicyclic) bond motifs is 1. The maximum atomic E-state index is 13.0. The Morgan fingerprint density at radius 2 is 1.69 bits per heavy atom. The minimum atomic E-state index is -5.55. The van der Waals surface area contributed by atoms with Crippen molar-refractivity contribution in [1.82, 2.24) is 25.6 Å². The molecule has 0 fully saturated rings. The number of hydrogen-bond acceptors (Lipinski definition) is 8. The lowest BCUT2D eigenvalue weighted by Crippen LogP contribution is -2.23. The van der Waals surface area contributed by atoms with Crippen molar-refractivity contribution in [1.29, 1.82) is 0 Å². The number of rotatable bonds is 4. The van der Waals surface area contributed by atoms with Gasteiger partial charge in [0, 0.05) is 21.2 Å². The summed E-state index contributed by atoms with van der Waals surface area (Å²) in [7, 11) is -5.55. The molecule has 0 unspecified atom stereocenters. The Morgan fingerprint density at radius 1 is 0.943 bits per heavy atom. The van der Waals surface area contributed by atoms with Crippen LogP contribution in [-0.2, 0) is 9.84 Å². The van der Waals surface area contributed by atoms with Crippen molar-refractivity contribution in [2.45, 2.75) is 10.4 Å². The molecule has 178 valence electrons. The third-order valence-corrected chi connectivity index (χ3v) is 7.53. The minimum absolute atomic E-state index is 0.0554. The summed E-state index contributed by atoms with van der Waals surface area (Å²) in [5.74, 6) is 0.292. The van der Waals surface area contributed by atoms with Crippen molar-refractivity contribution in [2.75, 3.05) is 0 Å². The molecule has 0 aliphatic carbocycles. The number of alkyl halides is 3. The first kappa shape index (κ1) is 23.0. The molecule has 2 aliphatic rings. The fraction of sp³-hybridized carbons (Fsp3) is 0.0476. The van der Waals surface area contributed by atoms with Crippen LogP contribution in [0.4, 0.5) is 13.2 Å². The van der Waals surface area contributed by atoms with Gasteiger partial charge in [0.15, 0.2) is 11.5 Å². The molecule has 3 heterocycles. The predicted molar refractivity (Wildman–Crippen MR) is 120 cm³/mol. The first-order valence-corrected chi connectivity index (χ1v) is 11.9. The number of aromatic nitrogens is 5. The summed E-state index contributed by atoms with van der Waals surface area (Å²) in [4.78, 5) is -0.922. The molecule has 0 atom stereocenters. The van der Waals surface area contributed by atoms with Crippen LogP contribution < -0.4 is 0 Å². The molecule has 0 amide bonds. The molecule has 2 aliphatic heterocycles. The van der Waals surface area contributed by atoms with Crippen molar-refractivity contribution in [3.63, 3.8) is 0 Å². The lowest BCUT2D eigenvalue weighted by Gasteiger charge is -2.11. The standard InChI is InChI=1S/C21H11BrF3N5O4S/c22-14-7-11(4-5-17(14)35(32,33)21(23,24)25)19-20(29-30-28-19)16-8-13-15(9-34-16)26-27-18(13)10-2-1-3-12(31)6-10/h1-9,31H,(H,28,29,30). The maximum Gasteiger partial charge on any atom is 0.501 e. The number of phenolic OH excluding ortho intramolecular Hbond substituents is 1. The Morgan fingerprint density at radius 3 is 2.40 bits per heavy atom. The highest BCUT2D eigenvalue weighted by Gasteiger charge is 2.47. The second-order valence-electron chi connectivity index (χ2n) is 7.26. The predicted octanol–water partition coefficient (Wildman–Crippen LogP) is 5.06. The van der Waals surface area contributed by atoms with Crippen molar-refractivity contribution >= 4 is 25.8 Å². The van der Waals surface area contributed by atoms with Crippen molar-refractivity contribution in [3.8, 4) is 51.0 Å². The van der Waals surface area contributed by atoms with Crippen molar-refractivity contribution in [2.24, 2.45) is 0 Å². The van der Waals surface area contributed by atoms with E-state index in [1.807, 2.05) is 0 Å². The number of aromatic hydroxyl groups is 1. The third kappa shape index (κ3) is 3.93. The number of sulfone groups is 1. The van der Waals surface area contributed by atoms with Gasteiger partial charge in [-0.15, -0.1) is 10.2 Å². The van der Waals surface area contributed by atoms with Crippen molar-refractivity contribution in [3.05, 3.63) is 59.3 Å². The molecule has 0 saturated carbocycles. The average Bonchev–Trinajstić information content (AvgIpc) is 3.45. The topological polar surface area (TPSA) is 135 Å². The number of benzene rings is 2. The second kappa shape index (κ2) is 8.16. The van der Waals surface area contributed by atoms with Crippen LogP contribution in [-0.4, -0.2) is 44.6 Å². The molecular weight excluding hydrogens is 555 g/mol. The summed E-state index contributed by atoms with van der Waals surface area (Å²) in [6.45, 7) is 0. The summed E-state index contributed by atoms with van der Waals surface area (Å²) in [5, 5.41) is 28.6. The number of phenols is 1. The summed E-state index contributed by atoms with van der Waals surface area (Å²) in [6, 6.07) is 11.3. The molecule has 2 aromatic carbocycles. The Kier molecular flexibility index (Phi) is 5.36. The van der Waals surface area contributed by atoms with Crippen LogP contribution in [0.15, 0.2) is 68.6 Å². The van der Waals surface area contributed by atoms with Crippen LogP contribution in [0.3, 0.4) is 0 Å². The van der Waals surface area contributed by atoms with Crippen LogP contribution in [0.2, 0.25) is 0 Å². The summed E-state index contributed by atoms with van der Waals surface area (Å²) in [6.07, 6.45) is 1.36. The molecule has 1 aromatic heterocycles. The normalized spacial score (nSPS) is 12.3. The average molecular weight is 566 g/mol. The molecule has 0 radical (unpaired) electrons. The molecule has 14 heteroatoms. The van der Waals surface area contributed by atoms with E-state index in [0.717, 1.165) is 6.07 Å². The monoisotopic (exact) mass is 565 g/mol. The minimum Gasteiger partial charge on any atom is -0.508 e. The molecule has 0 bridgehead atoms. The highest BCUT2D eigenvalue weighted by molar-refractivity contribution is 9.10. The zero-order valence-corrected chi connectivity index (χ0v) is 19.5. The summed E-state index contributed by atoms with van der Waals surface area (Å²) >= 11 is 2.91. The number of hydrogen-bond donors (Lipinski definition) is 2. The van der Waals surface area contributed by atoms with E-state index < -0.39 is 20.2 Å². The van der Waals surface area contributed by atoms with Crippen LogP contribution in [0.5, 0.6) is 5.75 Å². The van der Waals surface area contributed by atoms with Gasteiger partial charge >= 0.3 is 5.51 Å². The van der Waals surface area contributed by atoms with Gasteiger partial charge in [0.25, 0.3) is 9.84 Å². The van der Waals surface area contributed by atoms with E-state index in [1.54, 1.807) is 18.2 Å². The van der Waals surface area contributed by atoms with Gasteiger partial charge in [-0.25, -0.2) is 8.42 Å². The van der Waals surface area contributed by atoms with Crippen LogP contribution in [0.1, 0.15) is 0 Å². The first-order chi connectivity index (χ1) is 16.6. The molecule has 35 heavy (non-hydrogen) atoms. The van der Waals surface area contributed by atoms with E-state index in [0.29, 0.717) is 22.5 Å². The van der Waals surface area contributed by atoms with Gasteiger partial charge in [-0.1, -0.05) is 18.2 Å².